The number of carbonyl (C=O) groups is 1. The first-order valence-corrected chi connectivity index (χ1v) is 8.95. The van der Waals surface area contributed by atoms with Crippen molar-refractivity contribution < 1.29 is 13.6 Å². The number of aromatic nitrogens is 2. The van der Waals surface area contributed by atoms with Gasteiger partial charge in [0.15, 0.2) is 0 Å². The smallest absolute Gasteiger partial charge is 0.270 e. The molecule has 0 aliphatic rings. The minimum atomic E-state index is -0.365. The summed E-state index contributed by atoms with van der Waals surface area (Å²) in [6.07, 6.45) is 2.33. The molecule has 2 aromatic carbocycles. The summed E-state index contributed by atoms with van der Waals surface area (Å²) in [7, 11) is 0. The van der Waals surface area contributed by atoms with E-state index >= 15 is 0 Å². The predicted molar refractivity (Wildman–Crippen MR) is 103 cm³/mol. The second-order valence-corrected chi connectivity index (χ2v) is 6.13. The van der Waals surface area contributed by atoms with Crippen molar-refractivity contribution in [1.82, 2.24) is 15.3 Å². The van der Waals surface area contributed by atoms with Crippen LogP contribution < -0.4 is 10.6 Å². The summed E-state index contributed by atoms with van der Waals surface area (Å²) in [6, 6.07) is 14.5. The molecule has 0 atom stereocenters. The van der Waals surface area contributed by atoms with E-state index in [9.17, 15) is 13.6 Å². The molecular weight excluding hydrogens is 362 g/mol. The van der Waals surface area contributed by atoms with Crippen LogP contribution in [0.4, 0.5) is 14.7 Å². The highest BCUT2D eigenvalue weighted by molar-refractivity contribution is 5.92. The molecule has 3 rings (SSSR count). The van der Waals surface area contributed by atoms with Gasteiger partial charge in [0.25, 0.3) is 5.91 Å². The maximum absolute atomic E-state index is 13.6. The van der Waals surface area contributed by atoms with Crippen molar-refractivity contribution in [3.05, 3.63) is 89.2 Å². The number of halogens is 2. The van der Waals surface area contributed by atoms with Crippen LogP contribution in [0.15, 0.2) is 60.8 Å². The highest BCUT2D eigenvalue weighted by Gasteiger charge is 2.09. The molecule has 1 heterocycles. The van der Waals surface area contributed by atoms with Crippen LogP contribution in [0.2, 0.25) is 0 Å². The van der Waals surface area contributed by atoms with Crippen molar-refractivity contribution in [3.63, 3.8) is 0 Å². The average Bonchev–Trinajstić information content (AvgIpc) is 2.71. The number of hydrogen-bond acceptors (Lipinski definition) is 4. The van der Waals surface area contributed by atoms with Gasteiger partial charge >= 0.3 is 0 Å². The summed E-state index contributed by atoms with van der Waals surface area (Å²) in [5.74, 6) is -0.623. The highest BCUT2D eigenvalue weighted by Crippen LogP contribution is 2.08. The normalized spacial score (nSPS) is 10.5. The summed E-state index contributed by atoms with van der Waals surface area (Å²) in [6.45, 7) is 0.721. The number of nitrogens with one attached hydrogen (secondary N) is 2. The second-order valence-electron chi connectivity index (χ2n) is 6.13. The van der Waals surface area contributed by atoms with E-state index in [0.717, 1.165) is 0 Å². The maximum Gasteiger partial charge on any atom is 0.270 e. The van der Waals surface area contributed by atoms with E-state index in [1.807, 2.05) is 0 Å². The molecule has 0 unspecified atom stereocenters. The molecule has 0 saturated carbocycles. The molecule has 0 fully saturated rings. The standard InChI is InChI=1S/C21H20F2N4O/c22-17-7-3-1-5-15(17)9-12-24-20(28)19-11-14-26-21(27-19)25-13-10-16-6-2-4-8-18(16)23/h1-8,11,14H,9-10,12-13H2,(H,24,28)(H,25,26,27). The largest absolute Gasteiger partial charge is 0.354 e. The quantitative estimate of drug-likeness (QED) is 0.627. The topological polar surface area (TPSA) is 66.9 Å². The second kappa shape index (κ2) is 9.55. The molecule has 1 amide bonds. The average molecular weight is 382 g/mol. The van der Waals surface area contributed by atoms with Gasteiger partial charge in [-0.25, -0.2) is 18.7 Å². The van der Waals surface area contributed by atoms with E-state index in [2.05, 4.69) is 20.6 Å². The van der Waals surface area contributed by atoms with Crippen molar-refractivity contribution in [3.8, 4) is 0 Å². The predicted octanol–water partition coefficient (Wildman–Crippen LogP) is 3.38. The molecule has 0 aliphatic heterocycles. The van der Waals surface area contributed by atoms with Crippen molar-refractivity contribution in [1.29, 1.82) is 0 Å². The number of carbonyl (C=O) groups excluding carboxylic acids is 1. The third-order valence-corrected chi connectivity index (χ3v) is 4.16. The number of hydrogen-bond donors (Lipinski definition) is 2. The van der Waals surface area contributed by atoms with E-state index in [0.29, 0.717) is 37.1 Å². The van der Waals surface area contributed by atoms with Gasteiger partial charge in [0.05, 0.1) is 0 Å². The van der Waals surface area contributed by atoms with E-state index in [1.165, 1.54) is 24.4 Å². The molecule has 28 heavy (non-hydrogen) atoms. The summed E-state index contributed by atoms with van der Waals surface area (Å²) in [5.41, 5.74) is 1.34. The minimum Gasteiger partial charge on any atom is -0.354 e. The van der Waals surface area contributed by atoms with Crippen LogP contribution in [0, 0.1) is 11.6 Å². The molecule has 5 nitrogen and oxygen atoms in total. The summed E-state index contributed by atoms with van der Waals surface area (Å²) in [5, 5.41) is 5.70. The van der Waals surface area contributed by atoms with Crippen LogP contribution in [0.25, 0.3) is 0 Å². The Morgan fingerprint density at radius 2 is 1.46 bits per heavy atom. The zero-order chi connectivity index (χ0) is 19.8. The molecule has 0 saturated heterocycles. The first-order valence-electron chi connectivity index (χ1n) is 8.95. The van der Waals surface area contributed by atoms with Crippen molar-refractivity contribution >= 4 is 11.9 Å². The van der Waals surface area contributed by atoms with Crippen molar-refractivity contribution in [2.45, 2.75) is 12.8 Å². The van der Waals surface area contributed by atoms with Crippen molar-refractivity contribution in [2.75, 3.05) is 18.4 Å². The monoisotopic (exact) mass is 382 g/mol. The maximum atomic E-state index is 13.6. The summed E-state index contributed by atoms with van der Waals surface area (Å²) >= 11 is 0. The fourth-order valence-corrected chi connectivity index (χ4v) is 2.68. The van der Waals surface area contributed by atoms with Gasteiger partial charge in [-0.2, -0.15) is 0 Å². The minimum absolute atomic E-state index is 0.205. The van der Waals surface area contributed by atoms with Gasteiger partial charge in [-0.1, -0.05) is 36.4 Å². The number of amides is 1. The lowest BCUT2D eigenvalue weighted by Crippen LogP contribution is -2.27. The molecule has 3 aromatic rings. The molecule has 1 aromatic heterocycles. The molecular formula is C21H20F2N4O. The van der Waals surface area contributed by atoms with Crippen LogP contribution in [-0.4, -0.2) is 29.0 Å². The van der Waals surface area contributed by atoms with Gasteiger partial charge in [0.2, 0.25) is 5.95 Å². The Labute approximate surface area is 161 Å². The lowest BCUT2D eigenvalue weighted by Gasteiger charge is -2.08. The van der Waals surface area contributed by atoms with Gasteiger partial charge in [-0.05, 0) is 42.2 Å². The van der Waals surface area contributed by atoms with E-state index in [-0.39, 0.29) is 29.2 Å². The van der Waals surface area contributed by atoms with E-state index < -0.39 is 0 Å². The fraction of sp³-hybridized carbons (Fsp3) is 0.190. The molecule has 0 spiro atoms. The first kappa shape index (κ1) is 19.4. The highest BCUT2D eigenvalue weighted by atomic mass is 19.1. The van der Waals surface area contributed by atoms with Crippen LogP contribution in [-0.2, 0) is 12.8 Å². The lowest BCUT2D eigenvalue weighted by atomic mass is 10.1. The van der Waals surface area contributed by atoms with Gasteiger partial charge in [-0.3, -0.25) is 4.79 Å². The molecule has 0 aliphatic carbocycles. The van der Waals surface area contributed by atoms with Gasteiger partial charge < -0.3 is 10.6 Å². The Balaban J connectivity index is 1.50. The third-order valence-electron chi connectivity index (χ3n) is 4.16. The SMILES string of the molecule is O=C(NCCc1ccccc1F)c1ccnc(NCCc2ccccc2F)n1. The Morgan fingerprint density at radius 1 is 0.857 bits per heavy atom. The van der Waals surface area contributed by atoms with E-state index in [4.69, 9.17) is 0 Å². The van der Waals surface area contributed by atoms with E-state index in [1.54, 1.807) is 36.4 Å². The zero-order valence-corrected chi connectivity index (χ0v) is 15.2. The van der Waals surface area contributed by atoms with Crippen molar-refractivity contribution in [2.24, 2.45) is 0 Å². The lowest BCUT2D eigenvalue weighted by molar-refractivity contribution is 0.0949. The number of rotatable bonds is 8. The Kier molecular flexibility index (Phi) is 6.62. The van der Waals surface area contributed by atoms with Crippen LogP contribution in [0.5, 0.6) is 0 Å². The molecule has 0 bridgehead atoms. The summed E-state index contributed by atoms with van der Waals surface area (Å²) in [4.78, 5) is 20.5. The Hall–Kier alpha value is -3.35. The van der Waals surface area contributed by atoms with Gasteiger partial charge in [0.1, 0.15) is 17.3 Å². The Morgan fingerprint density at radius 3 is 2.11 bits per heavy atom. The summed E-state index contributed by atoms with van der Waals surface area (Å²) < 4.78 is 27.2. The first-order chi connectivity index (χ1) is 13.6. The zero-order valence-electron chi connectivity index (χ0n) is 15.2. The Bertz CT molecular complexity index is 949. The van der Waals surface area contributed by atoms with Crippen LogP contribution in [0.3, 0.4) is 0 Å². The third kappa shape index (κ3) is 5.33. The number of anilines is 1. The number of benzene rings is 2. The molecule has 144 valence electrons. The fourth-order valence-electron chi connectivity index (χ4n) is 2.68. The molecule has 2 N–H and O–H groups in total. The molecule has 0 radical (unpaired) electrons. The van der Waals surface area contributed by atoms with Gasteiger partial charge in [-0.15, -0.1) is 0 Å². The van der Waals surface area contributed by atoms with Crippen LogP contribution in [0.1, 0.15) is 21.6 Å². The van der Waals surface area contributed by atoms with Gasteiger partial charge in [0, 0.05) is 19.3 Å². The number of nitrogens with zero attached hydrogens (tertiary/aromatic N) is 2. The van der Waals surface area contributed by atoms with Crippen LogP contribution >= 0.6 is 0 Å². The molecule has 7 heteroatoms.